The molecule has 2 saturated carbocycles. The van der Waals surface area contributed by atoms with Gasteiger partial charge in [-0.15, -0.1) is 11.3 Å². The number of pyridine rings is 1. The van der Waals surface area contributed by atoms with Gasteiger partial charge in [0.15, 0.2) is 5.13 Å². The van der Waals surface area contributed by atoms with Crippen molar-refractivity contribution < 1.29 is 42.9 Å². The van der Waals surface area contributed by atoms with Crippen molar-refractivity contribution in [1.29, 1.82) is 0 Å². The van der Waals surface area contributed by atoms with Crippen LogP contribution in [0.4, 0.5) is 14.7 Å². The van der Waals surface area contributed by atoms with E-state index in [0.717, 1.165) is 12.8 Å². The molecule has 1 aromatic carbocycles. The maximum absolute atomic E-state index is 14.3. The maximum Gasteiger partial charge on any atom is 0.414 e. The number of fused-ring (bicyclic) bond motifs is 2. The molecule has 6 atom stereocenters. The van der Waals surface area contributed by atoms with Gasteiger partial charge in [0.05, 0.1) is 43.2 Å². The minimum atomic E-state index is -1.01. The molecule has 2 aromatic heterocycles. The summed E-state index contributed by atoms with van der Waals surface area (Å²) < 4.78 is 29.7. The predicted molar refractivity (Wildman–Crippen MR) is 230 cm³/mol. The summed E-state index contributed by atoms with van der Waals surface area (Å²) in [5.41, 5.74) is 6.31. The zero-order chi connectivity index (χ0) is 44.0. The Balaban J connectivity index is 1.17. The van der Waals surface area contributed by atoms with Crippen LogP contribution in [0.1, 0.15) is 81.1 Å². The number of ether oxygens (including phenoxy) is 5. The second-order valence-electron chi connectivity index (χ2n) is 18.6. The van der Waals surface area contributed by atoms with E-state index in [1.807, 2.05) is 40.0 Å². The molecule has 7 rings (SSSR count). The number of carbonyl (C=O) groups excluding carboxylic acids is 4. The first-order valence-corrected chi connectivity index (χ1v) is 22.0. The highest BCUT2D eigenvalue weighted by molar-refractivity contribution is 7.14. The van der Waals surface area contributed by atoms with Crippen molar-refractivity contribution in [2.45, 2.75) is 117 Å². The molecule has 4 fully saturated rings. The number of aromatic nitrogens is 2. The van der Waals surface area contributed by atoms with Gasteiger partial charge in [0, 0.05) is 29.3 Å². The number of anilines is 1. The molecular weight excluding hydrogens is 826 g/mol. The Morgan fingerprint density at radius 2 is 1.74 bits per heavy atom. The molecule has 61 heavy (non-hydrogen) atoms. The third-order valence-corrected chi connectivity index (χ3v) is 12.2. The molecule has 16 nitrogen and oxygen atoms in total. The summed E-state index contributed by atoms with van der Waals surface area (Å²) in [6.07, 6.45) is 2.34. The average molecular weight is 882 g/mol. The SMILES string of the molecule is CC(C)Nc1nc(-c2cc(OC3C[C@@H](C(N)=O)N(C(=O)[C@@H](NC(=O)O[C@@H]4C[C@@H]5C[C@@H]5C4)C(C)(C)C)C3)c3ccc(O/C=C4\COCCN4C(=O)OC(C)(C)C)c(Cl)c3n2)cs1. The van der Waals surface area contributed by atoms with Crippen LogP contribution < -0.4 is 25.8 Å². The Morgan fingerprint density at radius 3 is 2.41 bits per heavy atom. The summed E-state index contributed by atoms with van der Waals surface area (Å²) in [4.78, 5) is 66.0. The quantitative estimate of drug-likeness (QED) is 0.166. The lowest BCUT2D eigenvalue weighted by Crippen LogP contribution is -2.57. The number of nitrogens with zero attached hydrogens (tertiary/aromatic N) is 4. The van der Waals surface area contributed by atoms with E-state index < -0.39 is 53.2 Å². The summed E-state index contributed by atoms with van der Waals surface area (Å²) in [6, 6.07) is 3.30. The van der Waals surface area contributed by atoms with E-state index in [4.69, 9.17) is 51.0 Å². The first-order chi connectivity index (χ1) is 28.7. The second kappa shape index (κ2) is 17.5. The molecule has 18 heteroatoms. The molecule has 4 N–H and O–H groups in total. The molecule has 1 unspecified atom stereocenters. The average Bonchev–Trinajstić information content (AvgIpc) is 3.48. The summed E-state index contributed by atoms with van der Waals surface area (Å²) >= 11 is 8.50. The number of likely N-dealkylation sites (tertiary alicyclic amines) is 1. The van der Waals surface area contributed by atoms with Crippen molar-refractivity contribution >= 4 is 63.0 Å². The number of hydrogen-bond acceptors (Lipinski definition) is 13. The Hall–Kier alpha value is -4.87. The van der Waals surface area contributed by atoms with Gasteiger partial charge in [-0.25, -0.2) is 19.6 Å². The number of benzene rings is 1. The number of primary amides is 1. The molecule has 0 radical (unpaired) electrons. The fraction of sp³-hybridized carbons (Fsp3) is 0.581. The van der Waals surface area contributed by atoms with Crippen LogP contribution in [-0.2, 0) is 23.8 Å². The molecule has 330 valence electrons. The highest BCUT2D eigenvalue weighted by atomic mass is 35.5. The molecular formula is C43H56ClN7O9S. The Morgan fingerprint density at radius 1 is 1.00 bits per heavy atom. The zero-order valence-corrected chi connectivity index (χ0v) is 37.5. The number of hydrogen-bond donors (Lipinski definition) is 3. The van der Waals surface area contributed by atoms with Crippen molar-refractivity contribution in [3.05, 3.63) is 40.6 Å². The number of alkyl carbamates (subject to hydrolysis) is 1. The van der Waals surface area contributed by atoms with Gasteiger partial charge in [0.25, 0.3) is 0 Å². The van der Waals surface area contributed by atoms with Crippen molar-refractivity contribution in [2.75, 3.05) is 31.6 Å². The van der Waals surface area contributed by atoms with Gasteiger partial charge in [0.2, 0.25) is 11.8 Å². The number of halogens is 1. The third-order valence-electron chi connectivity index (χ3n) is 11.0. The molecule has 0 spiro atoms. The van der Waals surface area contributed by atoms with Gasteiger partial charge in [-0.1, -0.05) is 32.4 Å². The van der Waals surface area contributed by atoms with E-state index in [9.17, 15) is 19.2 Å². The molecule has 4 aliphatic rings. The van der Waals surface area contributed by atoms with Crippen LogP contribution in [0.5, 0.6) is 11.5 Å². The van der Waals surface area contributed by atoms with Crippen molar-refractivity contribution in [3.63, 3.8) is 0 Å². The van der Waals surface area contributed by atoms with Crippen molar-refractivity contribution in [1.82, 2.24) is 25.1 Å². The minimum Gasteiger partial charge on any atom is -0.488 e. The lowest BCUT2D eigenvalue weighted by molar-refractivity contribution is -0.141. The number of nitrogens with one attached hydrogen (secondary N) is 2. The second-order valence-corrected chi connectivity index (χ2v) is 19.8. The first-order valence-electron chi connectivity index (χ1n) is 20.8. The molecule has 0 bridgehead atoms. The van der Waals surface area contributed by atoms with Gasteiger partial charge < -0.3 is 45.0 Å². The normalized spacial score (nSPS) is 23.8. The van der Waals surface area contributed by atoms with Gasteiger partial charge >= 0.3 is 12.2 Å². The third kappa shape index (κ3) is 10.4. The predicted octanol–water partition coefficient (Wildman–Crippen LogP) is 7.09. The molecule has 4 heterocycles. The van der Waals surface area contributed by atoms with Crippen LogP contribution in [0.3, 0.4) is 0 Å². The van der Waals surface area contributed by atoms with Crippen LogP contribution in [-0.4, -0.2) is 106 Å². The molecule has 3 aromatic rings. The monoisotopic (exact) mass is 881 g/mol. The van der Waals surface area contributed by atoms with Crippen LogP contribution in [0.25, 0.3) is 22.3 Å². The van der Waals surface area contributed by atoms with Gasteiger partial charge in [-0.3, -0.25) is 14.5 Å². The standard InChI is InChI=1S/C43H56ClN7O9S/c1-22(2)46-39-48-30(21-61-39)29-17-33(28-9-10-32(34(44)35(28)47-29)57-20-25-19-56-12-11-50(25)41(55)60-43(6,7)8)58-27-16-31(37(45)52)51(18-27)38(53)36(42(3,4)5)49-40(54)59-26-14-23-13-24(23)15-26/h9-10,17,20-24,26-27,31,36H,11-16,18-19H2,1-8H3,(H2,45,52)(H,46,48)(H,49,54)/b25-20+/t23-,24+,26+,27?,31-,36+/m0/s1. The molecule has 2 aliphatic carbocycles. The fourth-order valence-corrected chi connectivity index (χ4v) is 9.09. The van der Waals surface area contributed by atoms with Crippen molar-refractivity contribution in [2.24, 2.45) is 23.0 Å². The molecule has 2 saturated heterocycles. The maximum atomic E-state index is 14.3. The van der Waals surface area contributed by atoms with E-state index >= 15 is 0 Å². The highest BCUT2D eigenvalue weighted by Gasteiger charge is 2.49. The lowest BCUT2D eigenvalue weighted by atomic mass is 9.85. The smallest absolute Gasteiger partial charge is 0.414 e. The van der Waals surface area contributed by atoms with Gasteiger partial charge in [-0.05, 0) is 83.3 Å². The van der Waals surface area contributed by atoms with Crippen LogP contribution in [0, 0.1) is 17.3 Å². The van der Waals surface area contributed by atoms with E-state index in [-0.39, 0.29) is 49.0 Å². The summed E-state index contributed by atoms with van der Waals surface area (Å²) in [7, 11) is 0. The molecule has 2 aliphatic heterocycles. The van der Waals surface area contributed by atoms with Crippen LogP contribution >= 0.6 is 22.9 Å². The number of nitrogens with two attached hydrogens (primary N) is 1. The number of carbonyl (C=O) groups is 4. The highest BCUT2D eigenvalue weighted by Crippen LogP contribution is 2.52. The Bertz CT molecular complexity index is 2190. The number of morpholine rings is 1. The zero-order valence-electron chi connectivity index (χ0n) is 35.9. The number of rotatable bonds is 11. The van der Waals surface area contributed by atoms with E-state index in [1.165, 1.54) is 33.8 Å². The van der Waals surface area contributed by atoms with E-state index in [0.29, 0.717) is 57.3 Å². The summed E-state index contributed by atoms with van der Waals surface area (Å²) in [5.74, 6) is 0.711. The number of thiazole rings is 1. The molecule has 4 amide bonds. The van der Waals surface area contributed by atoms with Crippen LogP contribution in [0.15, 0.2) is 35.5 Å². The Kier molecular flexibility index (Phi) is 12.7. The van der Waals surface area contributed by atoms with Crippen molar-refractivity contribution in [3.8, 4) is 22.9 Å². The lowest BCUT2D eigenvalue weighted by Gasteiger charge is -2.35. The van der Waals surface area contributed by atoms with Gasteiger partial charge in [0.1, 0.15) is 58.4 Å². The fourth-order valence-electron chi connectivity index (χ4n) is 7.99. The topological polar surface area (TPSA) is 197 Å². The summed E-state index contributed by atoms with van der Waals surface area (Å²) in [6.45, 7) is 15.7. The first kappa shape index (κ1) is 44.2. The van der Waals surface area contributed by atoms with E-state index in [2.05, 4.69) is 10.6 Å². The minimum absolute atomic E-state index is 0.0127. The van der Waals surface area contributed by atoms with Crippen LogP contribution in [0.2, 0.25) is 5.02 Å². The largest absolute Gasteiger partial charge is 0.488 e. The van der Waals surface area contributed by atoms with Gasteiger partial charge in [-0.2, -0.15) is 0 Å². The Labute approximate surface area is 364 Å². The number of amides is 4. The summed E-state index contributed by atoms with van der Waals surface area (Å²) in [5, 5.41) is 9.39. The van der Waals surface area contributed by atoms with E-state index in [1.54, 1.807) is 39.0 Å².